The summed E-state index contributed by atoms with van der Waals surface area (Å²) in [6.45, 7) is 2.68. The van der Waals surface area contributed by atoms with Crippen LogP contribution in [0.25, 0.3) is 0 Å². The maximum atomic E-state index is 13.4. The van der Waals surface area contributed by atoms with Gasteiger partial charge in [0, 0.05) is 24.3 Å². The number of benzene rings is 1. The Morgan fingerprint density at radius 2 is 1.44 bits per heavy atom. The molecule has 0 aromatic heterocycles. The summed E-state index contributed by atoms with van der Waals surface area (Å²) >= 11 is 1.64. The molecule has 27 heavy (non-hydrogen) atoms. The normalized spacial score (nSPS) is 35.0. The number of carbonyl (C=O) groups is 2. The Hall–Kier alpha value is -1.58. The van der Waals surface area contributed by atoms with E-state index < -0.39 is 46.3 Å². The van der Waals surface area contributed by atoms with Gasteiger partial charge < -0.3 is 9.47 Å². The highest BCUT2D eigenvalue weighted by Crippen LogP contribution is 2.53. The molecule has 0 N–H and O–H groups in total. The summed E-state index contributed by atoms with van der Waals surface area (Å²) in [5.74, 6) is -0.830. The number of ether oxygens (including phenoxy) is 2. The Balaban J connectivity index is 1.75. The van der Waals surface area contributed by atoms with Crippen LogP contribution in [0.5, 0.6) is 0 Å². The van der Waals surface area contributed by atoms with Crippen LogP contribution in [-0.4, -0.2) is 59.5 Å². The van der Waals surface area contributed by atoms with Crippen molar-refractivity contribution in [3.63, 3.8) is 0 Å². The van der Waals surface area contributed by atoms with Crippen molar-refractivity contribution in [1.29, 1.82) is 0 Å². The van der Waals surface area contributed by atoms with Crippen molar-refractivity contribution in [1.82, 2.24) is 4.31 Å². The molecule has 1 aromatic carbocycles. The van der Waals surface area contributed by atoms with Crippen molar-refractivity contribution < 1.29 is 27.5 Å². The predicted molar refractivity (Wildman–Crippen MR) is 98.6 cm³/mol. The highest BCUT2D eigenvalue weighted by atomic mass is 32.2. The van der Waals surface area contributed by atoms with E-state index in [1.165, 1.54) is 18.2 Å². The Morgan fingerprint density at radius 3 is 1.89 bits per heavy atom. The molecule has 0 amide bonds. The number of hydrogen-bond acceptors (Lipinski definition) is 7. The molecule has 4 aliphatic heterocycles. The number of piperidine rings is 2. The molecule has 5 rings (SSSR count). The van der Waals surface area contributed by atoms with Gasteiger partial charge in [-0.05, 0) is 25.0 Å². The van der Waals surface area contributed by atoms with Crippen LogP contribution in [0, 0.1) is 0 Å². The summed E-state index contributed by atoms with van der Waals surface area (Å²) in [6, 6.07) is 7.32. The molecular weight excluding hydrogens is 390 g/mol. The standard InChI is InChI=1S/C18H21NO6S2/c1-10(20)24-17-13-8-16-18(25-11(2)21)14(9-15(17)26-16)19(13)27(22,23)12-6-4-3-5-7-12/h3-7,13-18H,8-9H2,1-2H3. The zero-order valence-corrected chi connectivity index (χ0v) is 16.6. The molecule has 0 saturated carbocycles. The van der Waals surface area contributed by atoms with Gasteiger partial charge in [0.2, 0.25) is 10.0 Å². The molecule has 7 nitrogen and oxygen atoms in total. The number of rotatable bonds is 4. The van der Waals surface area contributed by atoms with E-state index in [2.05, 4.69) is 0 Å². The Kier molecular flexibility index (Phi) is 4.72. The summed E-state index contributed by atoms with van der Waals surface area (Å²) < 4.78 is 39.3. The molecule has 0 aliphatic carbocycles. The topological polar surface area (TPSA) is 90.0 Å². The van der Waals surface area contributed by atoms with Gasteiger partial charge >= 0.3 is 11.9 Å². The van der Waals surface area contributed by atoms with Gasteiger partial charge in [-0.2, -0.15) is 4.31 Å². The lowest BCUT2D eigenvalue weighted by atomic mass is 9.81. The minimum absolute atomic E-state index is 0.0108. The molecule has 6 unspecified atom stereocenters. The third-order valence-corrected chi connectivity index (χ3v) is 8.95. The molecule has 4 heterocycles. The molecule has 4 saturated heterocycles. The maximum Gasteiger partial charge on any atom is 0.302 e. The second-order valence-corrected chi connectivity index (χ2v) is 10.4. The quantitative estimate of drug-likeness (QED) is 0.695. The lowest BCUT2D eigenvalue weighted by Gasteiger charge is -2.60. The largest absolute Gasteiger partial charge is 0.460 e. The van der Waals surface area contributed by atoms with E-state index in [-0.39, 0.29) is 15.4 Å². The minimum Gasteiger partial charge on any atom is -0.460 e. The Labute approximate surface area is 162 Å². The van der Waals surface area contributed by atoms with Gasteiger partial charge in [0.1, 0.15) is 12.2 Å². The predicted octanol–water partition coefficient (Wildman–Crippen LogP) is 1.57. The van der Waals surface area contributed by atoms with E-state index in [9.17, 15) is 18.0 Å². The Bertz CT molecular complexity index is 822. The lowest BCUT2D eigenvalue weighted by Crippen LogP contribution is -2.73. The molecule has 9 heteroatoms. The monoisotopic (exact) mass is 411 g/mol. The fourth-order valence-corrected chi connectivity index (χ4v) is 8.22. The van der Waals surface area contributed by atoms with Gasteiger partial charge in [-0.3, -0.25) is 9.59 Å². The SMILES string of the molecule is CC(=O)OC1C2CC3C(OC(C)=O)C(CC1N3S(=O)(=O)c1ccccc1)S2. The molecule has 0 radical (unpaired) electrons. The lowest BCUT2D eigenvalue weighted by molar-refractivity contribution is -0.163. The average Bonchev–Trinajstić information content (AvgIpc) is 2.59. The summed E-state index contributed by atoms with van der Waals surface area (Å²) in [5.41, 5.74) is 0. The van der Waals surface area contributed by atoms with E-state index in [0.29, 0.717) is 12.8 Å². The van der Waals surface area contributed by atoms with Crippen LogP contribution in [-0.2, 0) is 29.1 Å². The summed E-state index contributed by atoms with van der Waals surface area (Å²) in [7, 11) is -3.82. The molecule has 1 aromatic rings. The van der Waals surface area contributed by atoms with Crippen molar-refractivity contribution >= 4 is 33.7 Å². The molecule has 4 aliphatic rings. The number of esters is 2. The smallest absolute Gasteiger partial charge is 0.302 e. The van der Waals surface area contributed by atoms with Gasteiger partial charge in [-0.25, -0.2) is 8.42 Å². The highest BCUT2D eigenvalue weighted by Gasteiger charge is 2.63. The van der Waals surface area contributed by atoms with Crippen molar-refractivity contribution in [3.05, 3.63) is 30.3 Å². The zero-order valence-electron chi connectivity index (χ0n) is 15.0. The van der Waals surface area contributed by atoms with Crippen LogP contribution in [0.1, 0.15) is 26.7 Å². The summed E-state index contributed by atoms with van der Waals surface area (Å²) in [4.78, 5) is 23.4. The van der Waals surface area contributed by atoms with Crippen LogP contribution in [0.2, 0.25) is 0 Å². The number of nitrogens with zero attached hydrogens (tertiary/aromatic N) is 1. The fourth-order valence-electron chi connectivity index (χ4n) is 4.50. The fraction of sp³-hybridized carbons (Fsp3) is 0.556. The van der Waals surface area contributed by atoms with Crippen molar-refractivity contribution in [2.45, 2.75) is 66.4 Å². The number of carbonyl (C=O) groups excluding carboxylic acids is 2. The van der Waals surface area contributed by atoms with E-state index in [1.807, 2.05) is 0 Å². The number of sulfonamides is 1. The molecule has 4 fully saturated rings. The molecular formula is C18H21NO6S2. The first-order valence-electron chi connectivity index (χ1n) is 8.87. The van der Waals surface area contributed by atoms with Crippen molar-refractivity contribution in [2.24, 2.45) is 0 Å². The number of hydrogen-bond donors (Lipinski definition) is 0. The molecule has 0 spiro atoms. The average molecular weight is 412 g/mol. The molecule has 4 bridgehead atoms. The third-order valence-electron chi connectivity index (χ3n) is 5.36. The Morgan fingerprint density at radius 1 is 0.963 bits per heavy atom. The van der Waals surface area contributed by atoms with Crippen LogP contribution in [0.3, 0.4) is 0 Å². The van der Waals surface area contributed by atoms with E-state index in [0.717, 1.165) is 0 Å². The van der Waals surface area contributed by atoms with Crippen LogP contribution < -0.4 is 0 Å². The van der Waals surface area contributed by atoms with Gasteiger partial charge in [0.15, 0.2) is 0 Å². The second kappa shape index (κ2) is 6.79. The zero-order chi connectivity index (χ0) is 19.3. The van der Waals surface area contributed by atoms with Crippen molar-refractivity contribution in [2.75, 3.05) is 0 Å². The highest BCUT2D eigenvalue weighted by molar-refractivity contribution is 8.00. The van der Waals surface area contributed by atoms with E-state index >= 15 is 0 Å². The molecule has 6 atom stereocenters. The van der Waals surface area contributed by atoms with E-state index in [4.69, 9.17) is 9.47 Å². The van der Waals surface area contributed by atoms with Gasteiger partial charge in [-0.1, -0.05) is 18.2 Å². The van der Waals surface area contributed by atoms with Crippen molar-refractivity contribution in [3.8, 4) is 0 Å². The molecule has 146 valence electrons. The van der Waals surface area contributed by atoms with Gasteiger partial charge in [0.05, 0.1) is 17.0 Å². The summed E-state index contributed by atoms with van der Waals surface area (Å²) in [5, 5.41) is 0.0216. The second-order valence-electron chi connectivity index (χ2n) is 7.12. The van der Waals surface area contributed by atoms with Crippen LogP contribution in [0.15, 0.2) is 35.2 Å². The maximum absolute atomic E-state index is 13.4. The summed E-state index contributed by atoms with van der Waals surface area (Å²) in [6.07, 6.45) is -0.00674. The van der Waals surface area contributed by atoms with Crippen LogP contribution in [0.4, 0.5) is 0 Å². The first kappa shape index (κ1) is 18.8. The third kappa shape index (κ3) is 3.15. The first-order chi connectivity index (χ1) is 12.8. The first-order valence-corrected chi connectivity index (χ1v) is 11.3. The van der Waals surface area contributed by atoms with Crippen LogP contribution >= 0.6 is 11.8 Å². The van der Waals surface area contributed by atoms with E-state index in [1.54, 1.807) is 42.1 Å². The minimum atomic E-state index is -3.82. The van der Waals surface area contributed by atoms with Gasteiger partial charge in [0.25, 0.3) is 0 Å². The number of thioether (sulfide) groups is 1. The van der Waals surface area contributed by atoms with Gasteiger partial charge in [-0.15, -0.1) is 11.8 Å².